The van der Waals surface area contributed by atoms with Crippen LogP contribution in [0, 0.1) is 0 Å². The van der Waals surface area contributed by atoms with Crippen molar-refractivity contribution >= 4 is 17.7 Å². The Morgan fingerprint density at radius 2 is 1.11 bits per heavy atom. The standard InChI is InChI=1S/C23H47ClN2O/c1-4-5-6-7-8-9-10-11-12-13-14-15-16-17-18-20-23(27)25-21-19-22-26(2,3)24/h4-22H2,1-3H3/p+1. The van der Waals surface area contributed by atoms with Gasteiger partial charge in [-0.2, -0.15) is 0 Å². The van der Waals surface area contributed by atoms with Gasteiger partial charge in [0.05, 0.1) is 20.6 Å². The van der Waals surface area contributed by atoms with Gasteiger partial charge in [-0.05, 0) is 6.42 Å². The Balaban J connectivity index is 3.17. The van der Waals surface area contributed by atoms with Gasteiger partial charge in [0.25, 0.3) is 0 Å². The Morgan fingerprint density at radius 3 is 1.52 bits per heavy atom. The molecule has 0 aromatic heterocycles. The van der Waals surface area contributed by atoms with Crippen molar-refractivity contribution in [3.63, 3.8) is 0 Å². The maximum atomic E-state index is 11.8. The summed E-state index contributed by atoms with van der Waals surface area (Å²) in [5.41, 5.74) is 0. The normalized spacial score (nSPS) is 11.7. The van der Waals surface area contributed by atoms with Gasteiger partial charge in [0.1, 0.15) is 0 Å². The topological polar surface area (TPSA) is 29.1 Å². The summed E-state index contributed by atoms with van der Waals surface area (Å²) in [7, 11) is 3.91. The van der Waals surface area contributed by atoms with Crippen LogP contribution in [-0.4, -0.2) is 37.1 Å². The Morgan fingerprint density at radius 1 is 0.704 bits per heavy atom. The second kappa shape index (κ2) is 19.1. The van der Waals surface area contributed by atoms with Gasteiger partial charge in [-0.15, -0.1) is 0 Å². The molecule has 0 fully saturated rings. The SMILES string of the molecule is CCCCCCCCCCCCCCCCCC(=O)NCCC[N+](C)(C)Cl. The lowest BCUT2D eigenvalue weighted by atomic mass is 10.0. The van der Waals surface area contributed by atoms with Crippen LogP contribution in [0.1, 0.15) is 116 Å². The molecule has 0 heterocycles. The fraction of sp³-hybridized carbons (Fsp3) is 0.957. The zero-order valence-corrected chi connectivity index (χ0v) is 19.4. The summed E-state index contributed by atoms with van der Waals surface area (Å²) in [6.07, 6.45) is 22.0. The van der Waals surface area contributed by atoms with Crippen molar-refractivity contribution in [3.8, 4) is 0 Å². The molecule has 0 rings (SSSR count). The van der Waals surface area contributed by atoms with Crippen molar-refractivity contribution < 1.29 is 8.80 Å². The van der Waals surface area contributed by atoms with Crippen LogP contribution in [0.2, 0.25) is 0 Å². The maximum absolute atomic E-state index is 11.8. The quantitative estimate of drug-likeness (QED) is 0.172. The summed E-state index contributed by atoms with van der Waals surface area (Å²) in [6, 6.07) is 0. The molecule has 0 saturated heterocycles. The van der Waals surface area contributed by atoms with E-state index in [9.17, 15) is 4.79 Å². The van der Waals surface area contributed by atoms with Crippen LogP contribution in [0.4, 0.5) is 0 Å². The molecule has 0 saturated carbocycles. The molecule has 0 unspecified atom stereocenters. The first-order valence-electron chi connectivity index (χ1n) is 11.7. The minimum atomic E-state index is 0.199. The van der Waals surface area contributed by atoms with Crippen molar-refractivity contribution in [2.24, 2.45) is 0 Å². The second-order valence-corrected chi connectivity index (χ2v) is 9.58. The highest BCUT2D eigenvalue weighted by molar-refractivity contribution is 6.06. The molecule has 0 aromatic carbocycles. The second-order valence-electron chi connectivity index (χ2n) is 8.66. The molecule has 0 aliphatic carbocycles. The first-order chi connectivity index (χ1) is 13.0. The Bertz CT molecular complexity index is 329. The zero-order chi connectivity index (χ0) is 20.2. The van der Waals surface area contributed by atoms with E-state index in [-0.39, 0.29) is 5.91 Å². The maximum Gasteiger partial charge on any atom is 0.219 e. The van der Waals surface area contributed by atoms with Gasteiger partial charge in [-0.3, -0.25) is 4.79 Å². The van der Waals surface area contributed by atoms with E-state index in [1.54, 1.807) is 0 Å². The number of rotatable bonds is 20. The molecule has 0 bridgehead atoms. The van der Waals surface area contributed by atoms with Crippen molar-refractivity contribution in [2.75, 3.05) is 27.2 Å². The van der Waals surface area contributed by atoms with Crippen LogP contribution in [0.3, 0.4) is 0 Å². The number of unbranched alkanes of at least 4 members (excludes halogenated alkanes) is 14. The third-order valence-electron chi connectivity index (χ3n) is 5.20. The predicted molar refractivity (Wildman–Crippen MR) is 120 cm³/mol. The van der Waals surface area contributed by atoms with Crippen molar-refractivity contribution in [3.05, 3.63) is 0 Å². The van der Waals surface area contributed by atoms with Gasteiger partial charge < -0.3 is 5.32 Å². The van der Waals surface area contributed by atoms with Crippen LogP contribution in [0.25, 0.3) is 0 Å². The van der Waals surface area contributed by atoms with Crippen molar-refractivity contribution in [2.45, 2.75) is 116 Å². The van der Waals surface area contributed by atoms with E-state index in [1.807, 2.05) is 14.1 Å². The Labute approximate surface area is 175 Å². The number of amides is 1. The van der Waals surface area contributed by atoms with Gasteiger partial charge in [-0.25, -0.2) is 4.00 Å². The average molecular weight is 404 g/mol. The number of carbonyl (C=O) groups is 1. The van der Waals surface area contributed by atoms with Crippen molar-refractivity contribution in [1.82, 2.24) is 5.32 Å². The number of halogens is 1. The van der Waals surface area contributed by atoms with Crippen LogP contribution in [-0.2, 0) is 4.79 Å². The first kappa shape index (κ1) is 26.7. The van der Waals surface area contributed by atoms with Crippen molar-refractivity contribution in [1.29, 1.82) is 0 Å². The molecular weight excluding hydrogens is 356 g/mol. The van der Waals surface area contributed by atoms with Gasteiger partial charge in [0, 0.05) is 19.4 Å². The number of hydrogen-bond acceptors (Lipinski definition) is 1. The summed E-state index contributed by atoms with van der Waals surface area (Å²) in [6.45, 7) is 3.90. The molecule has 4 heteroatoms. The zero-order valence-electron chi connectivity index (χ0n) is 18.7. The Kier molecular flexibility index (Phi) is 18.9. The summed E-state index contributed by atoms with van der Waals surface area (Å²) in [5, 5.41) is 3.00. The monoisotopic (exact) mass is 403 g/mol. The molecule has 27 heavy (non-hydrogen) atoms. The van der Waals surface area contributed by atoms with E-state index in [4.69, 9.17) is 11.8 Å². The predicted octanol–water partition coefficient (Wildman–Crippen LogP) is 6.98. The number of carbonyl (C=O) groups excluding carboxylic acids is 1. The third kappa shape index (κ3) is 23.7. The lowest BCUT2D eigenvalue weighted by molar-refractivity contribution is -0.771. The molecule has 0 aliphatic heterocycles. The van der Waals surface area contributed by atoms with Crippen LogP contribution in [0.5, 0.6) is 0 Å². The van der Waals surface area contributed by atoms with E-state index in [0.29, 0.717) is 10.4 Å². The van der Waals surface area contributed by atoms with E-state index in [2.05, 4.69) is 12.2 Å². The number of nitrogens with zero attached hydrogens (tertiary/aromatic N) is 1. The molecule has 162 valence electrons. The van der Waals surface area contributed by atoms with Gasteiger partial charge in [0.15, 0.2) is 11.8 Å². The molecular formula is C23H48ClN2O+. The molecule has 0 aliphatic rings. The van der Waals surface area contributed by atoms with Gasteiger partial charge in [-0.1, -0.05) is 96.8 Å². The highest BCUT2D eigenvalue weighted by atomic mass is 35.5. The summed E-state index contributed by atoms with van der Waals surface area (Å²) < 4.78 is 0.439. The highest BCUT2D eigenvalue weighted by Crippen LogP contribution is 2.13. The summed E-state index contributed by atoms with van der Waals surface area (Å²) in [4.78, 5) is 11.8. The fourth-order valence-corrected chi connectivity index (χ4v) is 3.55. The van der Waals surface area contributed by atoms with E-state index in [1.165, 1.54) is 89.9 Å². The van der Waals surface area contributed by atoms with Crippen LogP contribution < -0.4 is 5.32 Å². The molecule has 0 aromatic rings. The summed E-state index contributed by atoms with van der Waals surface area (Å²) >= 11 is 6.08. The minimum absolute atomic E-state index is 0.199. The smallest absolute Gasteiger partial charge is 0.219 e. The molecule has 0 radical (unpaired) electrons. The number of quaternary nitrogens is 1. The lowest BCUT2D eigenvalue weighted by Crippen LogP contribution is -2.32. The van der Waals surface area contributed by atoms with Gasteiger partial charge in [0.2, 0.25) is 5.91 Å². The van der Waals surface area contributed by atoms with E-state index < -0.39 is 0 Å². The third-order valence-corrected chi connectivity index (χ3v) is 5.37. The molecule has 3 nitrogen and oxygen atoms in total. The highest BCUT2D eigenvalue weighted by Gasteiger charge is 2.10. The van der Waals surface area contributed by atoms with E-state index >= 15 is 0 Å². The lowest BCUT2D eigenvalue weighted by Gasteiger charge is -2.17. The number of hydrogen-bond donors (Lipinski definition) is 1. The van der Waals surface area contributed by atoms with Crippen LogP contribution >= 0.6 is 11.8 Å². The first-order valence-corrected chi connectivity index (χ1v) is 12.1. The summed E-state index contributed by atoms with van der Waals surface area (Å²) in [5.74, 6) is 0.199. The molecule has 1 N–H and O–H groups in total. The molecule has 0 atom stereocenters. The molecule has 1 amide bonds. The van der Waals surface area contributed by atoms with Crippen LogP contribution in [0.15, 0.2) is 0 Å². The minimum Gasteiger partial charge on any atom is -0.356 e. The fourth-order valence-electron chi connectivity index (χ4n) is 3.43. The average Bonchev–Trinajstić information content (AvgIpc) is 2.61. The van der Waals surface area contributed by atoms with E-state index in [0.717, 1.165) is 25.9 Å². The van der Waals surface area contributed by atoms with Gasteiger partial charge >= 0.3 is 0 Å². The molecule has 0 spiro atoms. The Hall–Kier alpha value is -0.280. The largest absolute Gasteiger partial charge is 0.356 e. The number of nitrogens with one attached hydrogen (secondary N) is 1.